The molecule has 2 aromatic carbocycles. The largest absolute Gasteiger partial charge is 0.573 e. The Morgan fingerprint density at radius 1 is 1.00 bits per heavy atom. The molecule has 27 heavy (non-hydrogen) atoms. The Labute approximate surface area is 172 Å². The van der Waals surface area contributed by atoms with Crippen LogP contribution in [-0.2, 0) is 6.54 Å². The lowest BCUT2D eigenvalue weighted by Gasteiger charge is -2.09. The number of alkyl halides is 3. The third-order valence-corrected chi connectivity index (χ3v) is 3.23. The smallest absolute Gasteiger partial charge is 0.494 e. The van der Waals surface area contributed by atoms with Crippen molar-refractivity contribution < 1.29 is 22.6 Å². The second-order valence-corrected chi connectivity index (χ2v) is 5.34. The molecule has 0 saturated heterocycles. The predicted octanol–water partition coefficient (Wildman–Crippen LogP) is 4.08. The maximum atomic E-state index is 12.1. The molecule has 2 rings (SSSR count). The van der Waals surface area contributed by atoms with E-state index in [1.165, 1.54) is 24.3 Å². The molecule has 0 unspecified atom stereocenters. The first kappa shape index (κ1) is 22.9. The molecular formula is C18H21F3IN3O2. The Morgan fingerprint density at radius 2 is 1.67 bits per heavy atom. The van der Waals surface area contributed by atoms with Crippen molar-refractivity contribution in [1.29, 1.82) is 0 Å². The standard InChI is InChI=1S/C18H20F3N3O2.HI/c19-18(20,21)26-16-9-7-14(8-10-16)13-24-17(22)23-11-4-12-25-15-5-2-1-3-6-15;/h1-3,5-10H,4,11-13H2,(H3,22,23,24);1H. The Balaban J connectivity index is 0.00000364. The van der Waals surface area contributed by atoms with E-state index in [1.54, 1.807) is 0 Å². The van der Waals surface area contributed by atoms with Gasteiger partial charge < -0.3 is 20.5 Å². The molecule has 0 aromatic heterocycles. The van der Waals surface area contributed by atoms with E-state index in [1.807, 2.05) is 30.3 Å². The van der Waals surface area contributed by atoms with Crippen molar-refractivity contribution in [2.75, 3.05) is 13.2 Å². The molecule has 0 spiro atoms. The number of hydrogen-bond donors (Lipinski definition) is 2. The van der Waals surface area contributed by atoms with Gasteiger partial charge in [-0.1, -0.05) is 30.3 Å². The fourth-order valence-corrected chi connectivity index (χ4v) is 2.02. The molecule has 0 heterocycles. The van der Waals surface area contributed by atoms with Gasteiger partial charge in [0.15, 0.2) is 5.96 Å². The zero-order valence-electron chi connectivity index (χ0n) is 14.4. The number of guanidine groups is 1. The van der Waals surface area contributed by atoms with Gasteiger partial charge in [0, 0.05) is 6.54 Å². The maximum Gasteiger partial charge on any atom is 0.573 e. The first-order valence-corrected chi connectivity index (χ1v) is 7.99. The molecule has 0 aliphatic rings. The number of nitrogens with two attached hydrogens (primary N) is 1. The second kappa shape index (κ2) is 11.5. The van der Waals surface area contributed by atoms with Gasteiger partial charge >= 0.3 is 6.36 Å². The van der Waals surface area contributed by atoms with Gasteiger partial charge in [-0.05, 0) is 36.2 Å². The molecular weight excluding hydrogens is 474 g/mol. The third kappa shape index (κ3) is 9.92. The van der Waals surface area contributed by atoms with Gasteiger partial charge in [-0.3, -0.25) is 0 Å². The molecule has 0 radical (unpaired) electrons. The van der Waals surface area contributed by atoms with Crippen LogP contribution >= 0.6 is 24.0 Å². The van der Waals surface area contributed by atoms with Gasteiger partial charge in [0.05, 0.1) is 13.2 Å². The minimum absolute atomic E-state index is 0. The van der Waals surface area contributed by atoms with Gasteiger partial charge in [-0.25, -0.2) is 4.99 Å². The highest BCUT2D eigenvalue weighted by atomic mass is 127. The SMILES string of the molecule is I.NC(=NCc1ccc(OC(F)(F)F)cc1)NCCCOc1ccccc1. The van der Waals surface area contributed by atoms with Crippen molar-refractivity contribution in [3.05, 3.63) is 60.2 Å². The van der Waals surface area contributed by atoms with Crippen LogP contribution in [0.2, 0.25) is 0 Å². The monoisotopic (exact) mass is 495 g/mol. The summed E-state index contributed by atoms with van der Waals surface area (Å²) in [4.78, 5) is 4.13. The van der Waals surface area contributed by atoms with E-state index in [0.29, 0.717) is 13.2 Å². The molecule has 0 atom stereocenters. The van der Waals surface area contributed by atoms with Crippen LogP contribution in [0.3, 0.4) is 0 Å². The first-order chi connectivity index (χ1) is 12.4. The number of aliphatic imine (C=N–C) groups is 1. The van der Waals surface area contributed by atoms with Crippen molar-refractivity contribution in [3.63, 3.8) is 0 Å². The summed E-state index contributed by atoms with van der Waals surface area (Å²) in [6.07, 6.45) is -3.95. The van der Waals surface area contributed by atoms with E-state index in [-0.39, 0.29) is 42.2 Å². The van der Waals surface area contributed by atoms with E-state index < -0.39 is 6.36 Å². The van der Waals surface area contributed by atoms with Crippen molar-refractivity contribution >= 4 is 29.9 Å². The molecule has 0 fully saturated rings. The number of halogens is 4. The lowest BCUT2D eigenvalue weighted by atomic mass is 10.2. The number of rotatable bonds is 8. The maximum absolute atomic E-state index is 12.1. The molecule has 2 aromatic rings. The van der Waals surface area contributed by atoms with Crippen LogP contribution < -0.4 is 20.5 Å². The fraction of sp³-hybridized carbons (Fsp3) is 0.278. The van der Waals surface area contributed by atoms with E-state index in [4.69, 9.17) is 10.5 Å². The molecule has 0 amide bonds. The average molecular weight is 495 g/mol. The summed E-state index contributed by atoms with van der Waals surface area (Å²) in [5.41, 5.74) is 6.47. The average Bonchev–Trinajstić information content (AvgIpc) is 2.60. The van der Waals surface area contributed by atoms with Crippen LogP contribution in [-0.4, -0.2) is 25.5 Å². The normalized spacial score (nSPS) is 11.4. The summed E-state index contributed by atoms with van der Waals surface area (Å²) in [6.45, 7) is 1.40. The fourth-order valence-electron chi connectivity index (χ4n) is 2.02. The van der Waals surface area contributed by atoms with Crippen molar-refractivity contribution in [3.8, 4) is 11.5 Å². The highest BCUT2D eigenvalue weighted by Gasteiger charge is 2.30. The lowest BCUT2D eigenvalue weighted by molar-refractivity contribution is -0.274. The van der Waals surface area contributed by atoms with Gasteiger partial charge in [0.25, 0.3) is 0 Å². The molecule has 0 bridgehead atoms. The number of nitrogens with one attached hydrogen (secondary N) is 1. The summed E-state index contributed by atoms with van der Waals surface area (Å²) in [7, 11) is 0. The van der Waals surface area contributed by atoms with Crippen LogP contribution in [0, 0.1) is 0 Å². The topological polar surface area (TPSA) is 68.9 Å². The lowest BCUT2D eigenvalue weighted by Crippen LogP contribution is -2.33. The van der Waals surface area contributed by atoms with Crippen molar-refractivity contribution in [2.45, 2.75) is 19.3 Å². The summed E-state index contributed by atoms with van der Waals surface area (Å²) in [6, 6.07) is 15.0. The van der Waals surface area contributed by atoms with Gasteiger partial charge in [0.1, 0.15) is 11.5 Å². The highest BCUT2D eigenvalue weighted by Crippen LogP contribution is 2.22. The zero-order chi connectivity index (χ0) is 18.8. The van der Waals surface area contributed by atoms with Crippen LogP contribution in [0.25, 0.3) is 0 Å². The Kier molecular flexibility index (Phi) is 9.76. The van der Waals surface area contributed by atoms with Crippen LogP contribution in [0.15, 0.2) is 59.6 Å². The number of para-hydroxylation sites is 1. The Bertz CT molecular complexity index is 695. The molecule has 5 nitrogen and oxygen atoms in total. The molecule has 9 heteroatoms. The Morgan fingerprint density at radius 3 is 2.30 bits per heavy atom. The van der Waals surface area contributed by atoms with Crippen LogP contribution in [0.5, 0.6) is 11.5 Å². The first-order valence-electron chi connectivity index (χ1n) is 7.99. The summed E-state index contributed by atoms with van der Waals surface area (Å²) in [5.74, 6) is 0.808. The quantitative estimate of drug-likeness (QED) is 0.251. The molecule has 148 valence electrons. The second-order valence-electron chi connectivity index (χ2n) is 5.34. The Hall–Kier alpha value is -2.17. The number of hydrogen-bond acceptors (Lipinski definition) is 3. The van der Waals surface area contributed by atoms with E-state index in [0.717, 1.165) is 17.7 Å². The van der Waals surface area contributed by atoms with Gasteiger partial charge in [-0.2, -0.15) is 0 Å². The third-order valence-electron chi connectivity index (χ3n) is 3.23. The molecule has 0 aliphatic carbocycles. The molecule has 0 aliphatic heterocycles. The summed E-state index contributed by atoms with van der Waals surface area (Å²) < 4.78 is 45.6. The van der Waals surface area contributed by atoms with E-state index in [9.17, 15) is 13.2 Å². The van der Waals surface area contributed by atoms with E-state index in [2.05, 4.69) is 15.0 Å². The van der Waals surface area contributed by atoms with Crippen molar-refractivity contribution in [1.82, 2.24) is 5.32 Å². The number of ether oxygens (including phenoxy) is 2. The minimum atomic E-state index is -4.70. The van der Waals surface area contributed by atoms with Crippen LogP contribution in [0.4, 0.5) is 13.2 Å². The minimum Gasteiger partial charge on any atom is -0.494 e. The molecule has 3 N–H and O–H groups in total. The summed E-state index contributed by atoms with van der Waals surface area (Å²) in [5, 5.41) is 2.96. The van der Waals surface area contributed by atoms with E-state index >= 15 is 0 Å². The van der Waals surface area contributed by atoms with Crippen LogP contribution in [0.1, 0.15) is 12.0 Å². The highest BCUT2D eigenvalue weighted by molar-refractivity contribution is 14.0. The summed E-state index contributed by atoms with van der Waals surface area (Å²) >= 11 is 0. The van der Waals surface area contributed by atoms with Crippen molar-refractivity contribution in [2.24, 2.45) is 10.7 Å². The zero-order valence-corrected chi connectivity index (χ0v) is 16.7. The number of nitrogens with zero attached hydrogens (tertiary/aromatic N) is 1. The predicted molar refractivity (Wildman–Crippen MR) is 108 cm³/mol. The van der Waals surface area contributed by atoms with Gasteiger partial charge in [-0.15, -0.1) is 37.1 Å². The van der Waals surface area contributed by atoms with Gasteiger partial charge in [0.2, 0.25) is 0 Å². The molecule has 0 saturated carbocycles. The number of benzene rings is 2.